The van der Waals surface area contributed by atoms with Crippen LogP contribution >= 0.6 is 0 Å². The van der Waals surface area contributed by atoms with E-state index in [0.717, 1.165) is 0 Å². The molecule has 1 N–H and O–H groups in total. The first-order valence-corrected chi connectivity index (χ1v) is 6.34. The molecule has 0 bridgehead atoms. The number of rotatable bonds is 5. The summed E-state index contributed by atoms with van der Waals surface area (Å²) in [6, 6.07) is 9.03. The van der Waals surface area contributed by atoms with Crippen molar-refractivity contribution >= 4 is 0 Å². The van der Waals surface area contributed by atoms with Crippen LogP contribution in [-0.4, -0.2) is 26.4 Å². The van der Waals surface area contributed by atoms with Crippen molar-refractivity contribution in [1.82, 2.24) is 0 Å². The average Bonchev–Trinajstić information content (AvgIpc) is 2.53. The topological polar surface area (TPSA) is 47.9 Å². The summed E-state index contributed by atoms with van der Waals surface area (Å²) >= 11 is 0. The monoisotopic (exact) mass is 292 g/mol. The smallest absolute Gasteiger partial charge is 0.128 e. The summed E-state index contributed by atoms with van der Waals surface area (Å²) in [4.78, 5) is 0. The van der Waals surface area contributed by atoms with Gasteiger partial charge in [-0.25, -0.2) is 4.39 Å². The predicted molar refractivity (Wildman–Crippen MR) is 76.6 cm³/mol. The maximum absolute atomic E-state index is 13.4. The summed E-state index contributed by atoms with van der Waals surface area (Å²) < 4.78 is 29.0. The second-order valence-corrected chi connectivity index (χ2v) is 4.40. The third kappa shape index (κ3) is 3.08. The Morgan fingerprint density at radius 1 is 0.857 bits per heavy atom. The van der Waals surface area contributed by atoms with Gasteiger partial charge in [0.05, 0.1) is 21.3 Å². The van der Waals surface area contributed by atoms with E-state index in [1.54, 1.807) is 25.3 Å². The lowest BCUT2D eigenvalue weighted by Gasteiger charge is -2.18. The minimum Gasteiger partial charge on any atom is -0.497 e. The van der Waals surface area contributed by atoms with Gasteiger partial charge in [0.15, 0.2) is 0 Å². The highest BCUT2D eigenvalue weighted by Crippen LogP contribution is 2.36. The van der Waals surface area contributed by atoms with E-state index in [-0.39, 0.29) is 0 Å². The van der Waals surface area contributed by atoms with E-state index in [1.807, 2.05) is 0 Å². The first-order chi connectivity index (χ1) is 10.1. The zero-order valence-electron chi connectivity index (χ0n) is 12.1. The molecule has 0 aliphatic rings. The van der Waals surface area contributed by atoms with Crippen LogP contribution in [0.5, 0.6) is 17.2 Å². The summed E-state index contributed by atoms with van der Waals surface area (Å²) in [6.45, 7) is 0. The zero-order chi connectivity index (χ0) is 15.4. The van der Waals surface area contributed by atoms with Crippen LogP contribution in [0.1, 0.15) is 17.2 Å². The van der Waals surface area contributed by atoms with Crippen LogP contribution in [0.3, 0.4) is 0 Å². The van der Waals surface area contributed by atoms with Crippen molar-refractivity contribution in [1.29, 1.82) is 0 Å². The summed E-state index contributed by atoms with van der Waals surface area (Å²) in [6.07, 6.45) is -1.07. The minimum atomic E-state index is -1.07. The molecule has 0 saturated heterocycles. The standard InChI is InChI=1S/C16H17FO4/c1-19-11-5-6-12(15(9-11)21-3)16(18)13-8-10(17)4-7-14(13)20-2/h4-9,16,18H,1-3H3. The molecule has 21 heavy (non-hydrogen) atoms. The molecular weight excluding hydrogens is 275 g/mol. The van der Waals surface area contributed by atoms with Crippen LogP contribution in [0, 0.1) is 5.82 Å². The highest BCUT2D eigenvalue weighted by molar-refractivity contribution is 5.48. The maximum Gasteiger partial charge on any atom is 0.128 e. The lowest BCUT2D eigenvalue weighted by molar-refractivity contribution is 0.208. The van der Waals surface area contributed by atoms with Gasteiger partial charge in [0.2, 0.25) is 0 Å². The molecule has 1 unspecified atom stereocenters. The van der Waals surface area contributed by atoms with Crippen LogP contribution in [0.4, 0.5) is 4.39 Å². The van der Waals surface area contributed by atoms with E-state index in [1.165, 1.54) is 32.4 Å². The van der Waals surface area contributed by atoms with Gasteiger partial charge in [-0.15, -0.1) is 0 Å². The lowest BCUT2D eigenvalue weighted by Crippen LogP contribution is -2.05. The Morgan fingerprint density at radius 2 is 1.57 bits per heavy atom. The molecule has 2 aromatic carbocycles. The summed E-state index contributed by atoms with van der Waals surface area (Å²) in [5, 5.41) is 10.5. The van der Waals surface area contributed by atoms with Crippen LogP contribution < -0.4 is 14.2 Å². The summed E-state index contributed by atoms with van der Waals surface area (Å²) in [5.41, 5.74) is 0.836. The average molecular weight is 292 g/mol. The highest BCUT2D eigenvalue weighted by Gasteiger charge is 2.20. The first-order valence-electron chi connectivity index (χ1n) is 6.34. The number of benzene rings is 2. The maximum atomic E-state index is 13.4. The number of halogens is 1. The first kappa shape index (κ1) is 15.1. The van der Waals surface area contributed by atoms with Crippen molar-refractivity contribution in [2.75, 3.05) is 21.3 Å². The van der Waals surface area contributed by atoms with E-state index in [9.17, 15) is 9.50 Å². The Kier molecular flexibility index (Phi) is 4.65. The largest absolute Gasteiger partial charge is 0.497 e. The van der Waals surface area contributed by atoms with Gasteiger partial charge in [-0.05, 0) is 30.3 Å². The Labute approximate surface area is 122 Å². The van der Waals surface area contributed by atoms with Crippen LogP contribution in [0.2, 0.25) is 0 Å². The SMILES string of the molecule is COc1ccc(C(O)c2cc(F)ccc2OC)c(OC)c1. The summed E-state index contributed by atoms with van der Waals surface area (Å²) in [5.74, 6) is 1.02. The molecule has 0 amide bonds. The molecule has 0 aliphatic carbocycles. The second kappa shape index (κ2) is 6.45. The molecular formula is C16H17FO4. The number of aliphatic hydroxyl groups is 1. The Morgan fingerprint density at radius 3 is 2.19 bits per heavy atom. The van der Waals surface area contributed by atoms with Crippen molar-refractivity contribution in [2.45, 2.75) is 6.10 Å². The van der Waals surface area contributed by atoms with Gasteiger partial charge in [0.1, 0.15) is 29.2 Å². The van der Waals surface area contributed by atoms with E-state index in [0.29, 0.717) is 28.4 Å². The number of methoxy groups -OCH3 is 3. The number of aliphatic hydroxyl groups excluding tert-OH is 1. The van der Waals surface area contributed by atoms with E-state index >= 15 is 0 Å². The highest BCUT2D eigenvalue weighted by atomic mass is 19.1. The molecule has 0 heterocycles. The van der Waals surface area contributed by atoms with Gasteiger partial charge in [0.25, 0.3) is 0 Å². The Balaban J connectivity index is 2.49. The number of ether oxygens (including phenoxy) is 3. The molecule has 0 radical (unpaired) electrons. The number of hydrogen-bond acceptors (Lipinski definition) is 4. The molecule has 4 nitrogen and oxygen atoms in total. The molecule has 0 aromatic heterocycles. The Hall–Kier alpha value is -2.27. The molecule has 2 aromatic rings. The fourth-order valence-electron chi connectivity index (χ4n) is 2.13. The Bertz CT molecular complexity index is 628. The van der Waals surface area contributed by atoms with Crippen molar-refractivity contribution < 1.29 is 23.7 Å². The predicted octanol–water partition coefficient (Wildman–Crippen LogP) is 2.93. The van der Waals surface area contributed by atoms with E-state index in [2.05, 4.69) is 0 Å². The van der Waals surface area contributed by atoms with Gasteiger partial charge >= 0.3 is 0 Å². The van der Waals surface area contributed by atoms with E-state index < -0.39 is 11.9 Å². The van der Waals surface area contributed by atoms with Crippen LogP contribution in [0.25, 0.3) is 0 Å². The fraction of sp³-hybridized carbons (Fsp3) is 0.250. The molecule has 1 atom stereocenters. The van der Waals surface area contributed by atoms with Crippen LogP contribution in [0.15, 0.2) is 36.4 Å². The van der Waals surface area contributed by atoms with Crippen molar-refractivity contribution in [2.24, 2.45) is 0 Å². The normalized spacial score (nSPS) is 11.9. The molecule has 5 heteroatoms. The van der Waals surface area contributed by atoms with Crippen molar-refractivity contribution in [3.8, 4) is 17.2 Å². The van der Waals surface area contributed by atoms with Gasteiger partial charge in [0, 0.05) is 17.2 Å². The van der Waals surface area contributed by atoms with E-state index in [4.69, 9.17) is 14.2 Å². The quantitative estimate of drug-likeness (QED) is 0.920. The van der Waals surface area contributed by atoms with Gasteiger partial charge in [-0.2, -0.15) is 0 Å². The molecule has 0 saturated carbocycles. The molecule has 0 aliphatic heterocycles. The van der Waals surface area contributed by atoms with Crippen molar-refractivity contribution in [3.63, 3.8) is 0 Å². The minimum absolute atomic E-state index is 0.334. The van der Waals surface area contributed by atoms with Gasteiger partial charge < -0.3 is 19.3 Å². The molecule has 0 fully saturated rings. The molecule has 0 spiro atoms. The van der Waals surface area contributed by atoms with Gasteiger partial charge in [-0.1, -0.05) is 0 Å². The third-order valence-electron chi connectivity index (χ3n) is 3.22. The van der Waals surface area contributed by atoms with Gasteiger partial charge in [-0.3, -0.25) is 0 Å². The zero-order valence-corrected chi connectivity index (χ0v) is 12.1. The second-order valence-electron chi connectivity index (χ2n) is 4.40. The lowest BCUT2D eigenvalue weighted by atomic mass is 9.99. The molecule has 112 valence electrons. The molecule has 2 rings (SSSR count). The number of hydrogen-bond donors (Lipinski definition) is 1. The fourth-order valence-corrected chi connectivity index (χ4v) is 2.13. The third-order valence-corrected chi connectivity index (χ3v) is 3.22. The summed E-state index contributed by atoms with van der Waals surface area (Å²) in [7, 11) is 4.50. The van der Waals surface area contributed by atoms with Crippen LogP contribution in [-0.2, 0) is 0 Å². The van der Waals surface area contributed by atoms with Crippen molar-refractivity contribution in [3.05, 3.63) is 53.3 Å².